The standard InChI is InChI=1S/C17H25Cl2N/c1-16(2,3)12-5-4-9-17(20,10-8-12)13-6-7-14(18)15(19)11-13/h6-7,11-12H,4-5,8-10,20H2,1-3H3. The molecule has 1 nitrogen and oxygen atoms in total. The smallest absolute Gasteiger partial charge is 0.0595 e. The zero-order valence-electron chi connectivity index (χ0n) is 12.7. The van der Waals surface area contributed by atoms with E-state index >= 15 is 0 Å². The third kappa shape index (κ3) is 3.50. The van der Waals surface area contributed by atoms with Gasteiger partial charge in [0.15, 0.2) is 0 Å². The summed E-state index contributed by atoms with van der Waals surface area (Å²) < 4.78 is 0. The van der Waals surface area contributed by atoms with E-state index in [0.29, 0.717) is 15.5 Å². The second-order valence-electron chi connectivity index (χ2n) is 7.28. The highest BCUT2D eigenvalue weighted by Crippen LogP contribution is 2.43. The third-order valence-corrected chi connectivity index (χ3v) is 5.57. The summed E-state index contributed by atoms with van der Waals surface area (Å²) in [6, 6.07) is 5.84. The molecule has 1 aromatic rings. The van der Waals surface area contributed by atoms with Crippen LogP contribution in [0.1, 0.15) is 58.4 Å². The molecule has 0 heterocycles. The van der Waals surface area contributed by atoms with Crippen LogP contribution in [0.25, 0.3) is 0 Å². The molecular formula is C17H25Cl2N. The van der Waals surface area contributed by atoms with Gasteiger partial charge in [-0.2, -0.15) is 0 Å². The molecule has 0 saturated heterocycles. The lowest BCUT2D eigenvalue weighted by Crippen LogP contribution is -2.36. The number of halogens is 2. The maximum atomic E-state index is 6.70. The number of benzene rings is 1. The first-order chi connectivity index (χ1) is 9.22. The summed E-state index contributed by atoms with van der Waals surface area (Å²) in [7, 11) is 0. The first-order valence-electron chi connectivity index (χ1n) is 7.47. The van der Waals surface area contributed by atoms with Crippen LogP contribution in [0.2, 0.25) is 10.0 Å². The first kappa shape index (κ1) is 16.1. The molecule has 0 bridgehead atoms. The summed E-state index contributed by atoms with van der Waals surface area (Å²) in [5.41, 5.74) is 7.94. The molecule has 2 N–H and O–H groups in total. The van der Waals surface area contributed by atoms with Crippen LogP contribution in [0.3, 0.4) is 0 Å². The number of hydrogen-bond acceptors (Lipinski definition) is 1. The van der Waals surface area contributed by atoms with Crippen molar-refractivity contribution in [2.24, 2.45) is 17.1 Å². The van der Waals surface area contributed by atoms with Gasteiger partial charge in [-0.05, 0) is 54.7 Å². The van der Waals surface area contributed by atoms with Crippen LogP contribution in [0.15, 0.2) is 18.2 Å². The molecule has 1 aliphatic carbocycles. The molecule has 2 atom stereocenters. The Morgan fingerprint density at radius 1 is 1.10 bits per heavy atom. The molecule has 0 amide bonds. The molecule has 0 aromatic heterocycles. The highest BCUT2D eigenvalue weighted by atomic mass is 35.5. The summed E-state index contributed by atoms with van der Waals surface area (Å²) in [5.74, 6) is 0.746. The number of rotatable bonds is 1. The van der Waals surface area contributed by atoms with Gasteiger partial charge in [-0.1, -0.05) is 56.5 Å². The van der Waals surface area contributed by atoms with Crippen LogP contribution < -0.4 is 5.73 Å². The van der Waals surface area contributed by atoms with Crippen molar-refractivity contribution < 1.29 is 0 Å². The van der Waals surface area contributed by atoms with Gasteiger partial charge in [0.2, 0.25) is 0 Å². The van der Waals surface area contributed by atoms with E-state index in [1.807, 2.05) is 18.2 Å². The maximum Gasteiger partial charge on any atom is 0.0595 e. The second-order valence-corrected chi connectivity index (χ2v) is 8.09. The Morgan fingerprint density at radius 3 is 2.40 bits per heavy atom. The molecule has 0 radical (unpaired) electrons. The molecule has 2 rings (SSSR count). The Kier molecular flexibility index (Phi) is 4.73. The lowest BCUT2D eigenvalue weighted by atomic mass is 9.75. The van der Waals surface area contributed by atoms with Crippen LogP contribution in [0.5, 0.6) is 0 Å². The SMILES string of the molecule is CC(C)(C)C1CCCC(N)(c2ccc(Cl)c(Cl)c2)CC1. The van der Waals surface area contributed by atoms with Crippen molar-refractivity contribution in [1.29, 1.82) is 0 Å². The molecule has 0 aliphatic heterocycles. The van der Waals surface area contributed by atoms with Crippen molar-refractivity contribution in [2.75, 3.05) is 0 Å². The van der Waals surface area contributed by atoms with Crippen molar-refractivity contribution in [3.63, 3.8) is 0 Å². The summed E-state index contributed by atoms with van der Waals surface area (Å²) in [4.78, 5) is 0. The van der Waals surface area contributed by atoms with Crippen molar-refractivity contribution in [2.45, 2.75) is 58.4 Å². The predicted octanol–water partition coefficient (Wildman–Crippen LogP) is 5.77. The Hall–Kier alpha value is -0.240. The van der Waals surface area contributed by atoms with E-state index in [4.69, 9.17) is 28.9 Å². The average molecular weight is 314 g/mol. The monoisotopic (exact) mass is 313 g/mol. The van der Waals surface area contributed by atoms with Crippen molar-refractivity contribution in [3.05, 3.63) is 33.8 Å². The second kappa shape index (κ2) is 5.87. The Labute approximate surface area is 132 Å². The van der Waals surface area contributed by atoms with E-state index in [1.165, 1.54) is 19.3 Å². The topological polar surface area (TPSA) is 26.0 Å². The van der Waals surface area contributed by atoms with Gasteiger partial charge >= 0.3 is 0 Å². The molecule has 112 valence electrons. The largest absolute Gasteiger partial charge is 0.321 e. The Balaban J connectivity index is 2.20. The van der Waals surface area contributed by atoms with E-state index in [0.717, 1.165) is 24.3 Å². The molecule has 1 saturated carbocycles. The van der Waals surface area contributed by atoms with E-state index in [-0.39, 0.29) is 5.54 Å². The van der Waals surface area contributed by atoms with Gasteiger partial charge in [-0.3, -0.25) is 0 Å². The lowest BCUT2D eigenvalue weighted by molar-refractivity contribution is 0.211. The van der Waals surface area contributed by atoms with E-state index in [9.17, 15) is 0 Å². The summed E-state index contributed by atoms with van der Waals surface area (Å²) in [5, 5.41) is 1.20. The van der Waals surface area contributed by atoms with Gasteiger partial charge in [0.05, 0.1) is 10.0 Å². The quantitative estimate of drug-likeness (QED) is 0.654. The molecule has 2 unspecified atom stereocenters. The van der Waals surface area contributed by atoms with Gasteiger partial charge in [0.1, 0.15) is 0 Å². The summed E-state index contributed by atoms with van der Waals surface area (Å²) in [6.07, 6.45) is 5.67. The highest BCUT2D eigenvalue weighted by Gasteiger charge is 2.34. The molecule has 1 fully saturated rings. The van der Waals surface area contributed by atoms with Gasteiger partial charge in [-0.25, -0.2) is 0 Å². The summed E-state index contributed by atoms with van der Waals surface area (Å²) >= 11 is 12.2. The Bertz CT molecular complexity index is 478. The molecule has 1 aliphatic rings. The molecule has 0 spiro atoms. The van der Waals surface area contributed by atoms with Crippen molar-refractivity contribution in [1.82, 2.24) is 0 Å². The molecule has 20 heavy (non-hydrogen) atoms. The van der Waals surface area contributed by atoms with Gasteiger partial charge < -0.3 is 5.73 Å². The van der Waals surface area contributed by atoms with Crippen molar-refractivity contribution in [3.8, 4) is 0 Å². The minimum absolute atomic E-state index is 0.256. The fourth-order valence-corrected chi connectivity index (χ4v) is 3.62. The van der Waals surface area contributed by atoms with Crippen LogP contribution >= 0.6 is 23.2 Å². The zero-order valence-corrected chi connectivity index (χ0v) is 14.2. The predicted molar refractivity (Wildman–Crippen MR) is 88.4 cm³/mol. The van der Waals surface area contributed by atoms with Crippen LogP contribution in [0.4, 0.5) is 0 Å². The normalized spacial score (nSPS) is 28.2. The molecule has 1 aromatic carbocycles. The minimum atomic E-state index is -0.256. The fraction of sp³-hybridized carbons (Fsp3) is 0.647. The van der Waals surface area contributed by atoms with Gasteiger partial charge in [0, 0.05) is 5.54 Å². The van der Waals surface area contributed by atoms with Crippen LogP contribution in [-0.2, 0) is 5.54 Å². The zero-order chi connectivity index (χ0) is 15.0. The fourth-order valence-electron chi connectivity index (χ4n) is 3.33. The molecule has 3 heteroatoms. The van der Waals surface area contributed by atoms with Gasteiger partial charge in [-0.15, -0.1) is 0 Å². The Morgan fingerprint density at radius 2 is 1.80 bits per heavy atom. The van der Waals surface area contributed by atoms with E-state index in [1.54, 1.807) is 0 Å². The van der Waals surface area contributed by atoms with Crippen LogP contribution in [0, 0.1) is 11.3 Å². The third-order valence-electron chi connectivity index (χ3n) is 4.83. The number of nitrogens with two attached hydrogens (primary N) is 1. The minimum Gasteiger partial charge on any atom is -0.321 e. The lowest BCUT2D eigenvalue weighted by Gasteiger charge is -2.32. The molecular weight excluding hydrogens is 289 g/mol. The number of hydrogen-bond donors (Lipinski definition) is 1. The first-order valence-corrected chi connectivity index (χ1v) is 8.22. The average Bonchev–Trinajstić information content (AvgIpc) is 2.55. The van der Waals surface area contributed by atoms with Crippen LogP contribution in [-0.4, -0.2) is 0 Å². The van der Waals surface area contributed by atoms with Crippen molar-refractivity contribution >= 4 is 23.2 Å². The van der Waals surface area contributed by atoms with E-state index in [2.05, 4.69) is 20.8 Å². The maximum absolute atomic E-state index is 6.70. The highest BCUT2D eigenvalue weighted by molar-refractivity contribution is 6.42. The van der Waals surface area contributed by atoms with E-state index < -0.39 is 0 Å². The summed E-state index contributed by atoms with van der Waals surface area (Å²) in [6.45, 7) is 7.00. The van der Waals surface area contributed by atoms with Gasteiger partial charge in [0.25, 0.3) is 0 Å².